The Balaban J connectivity index is 1.42. The van der Waals surface area contributed by atoms with Crippen molar-refractivity contribution in [3.63, 3.8) is 0 Å². The minimum absolute atomic E-state index is 0.440. The number of alkyl halides is 3. The van der Waals surface area contributed by atoms with Gasteiger partial charge in [0, 0.05) is 12.1 Å². The third-order valence-corrected chi connectivity index (χ3v) is 4.68. The first-order valence-corrected chi connectivity index (χ1v) is 7.56. The molecule has 2 nitrogen and oxygen atoms in total. The molecular formula is C14H23F3N2. The number of nitrogens with one attached hydrogen (secondary N) is 1. The van der Waals surface area contributed by atoms with Gasteiger partial charge in [-0.3, -0.25) is 4.90 Å². The summed E-state index contributed by atoms with van der Waals surface area (Å²) in [7, 11) is 0. The lowest BCUT2D eigenvalue weighted by molar-refractivity contribution is -0.148. The summed E-state index contributed by atoms with van der Waals surface area (Å²) >= 11 is 0. The molecule has 5 heteroatoms. The van der Waals surface area contributed by atoms with Gasteiger partial charge in [0.2, 0.25) is 0 Å². The molecule has 3 rings (SSSR count). The van der Waals surface area contributed by atoms with E-state index in [1.54, 1.807) is 4.90 Å². The van der Waals surface area contributed by atoms with E-state index in [0.29, 0.717) is 25.2 Å². The Morgan fingerprint density at radius 1 is 0.947 bits per heavy atom. The van der Waals surface area contributed by atoms with Gasteiger partial charge in [-0.05, 0) is 63.5 Å². The molecule has 110 valence electrons. The van der Waals surface area contributed by atoms with Crippen LogP contribution in [-0.4, -0.2) is 42.8 Å². The van der Waals surface area contributed by atoms with Crippen molar-refractivity contribution in [2.45, 2.75) is 56.8 Å². The smallest absolute Gasteiger partial charge is 0.311 e. The molecule has 1 aliphatic heterocycles. The van der Waals surface area contributed by atoms with Crippen LogP contribution in [0.15, 0.2) is 0 Å². The molecule has 0 aromatic carbocycles. The maximum atomic E-state index is 12.3. The topological polar surface area (TPSA) is 15.3 Å². The predicted molar refractivity (Wildman–Crippen MR) is 67.9 cm³/mol. The van der Waals surface area contributed by atoms with Gasteiger partial charge >= 0.3 is 6.18 Å². The van der Waals surface area contributed by atoms with Crippen molar-refractivity contribution in [1.29, 1.82) is 0 Å². The molecule has 0 aromatic rings. The lowest BCUT2D eigenvalue weighted by Crippen LogP contribution is -2.49. The van der Waals surface area contributed by atoms with Gasteiger partial charge < -0.3 is 5.32 Å². The van der Waals surface area contributed by atoms with Crippen molar-refractivity contribution in [2.24, 2.45) is 11.8 Å². The highest BCUT2D eigenvalue weighted by molar-refractivity contribution is 4.98. The van der Waals surface area contributed by atoms with Crippen LogP contribution in [0.2, 0.25) is 0 Å². The summed E-state index contributed by atoms with van der Waals surface area (Å²) < 4.78 is 37.0. The van der Waals surface area contributed by atoms with E-state index in [1.165, 1.54) is 25.7 Å². The SMILES string of the molecule is FC(F)(F)CN1CCC(NC(C2CC2)C2CC2)CC1. The molecule has 0 bridgehead atoms. The van der Waals surface area contributed by atoms with Crippen LogP contribution in [0.5, 0.6) is 0 Å². The predicted octanol–water partition coefficient (Wildman–Crippen LogP) is 2.79. The fraction of sp³-hybridized carbons (Fsp3) is 1.00. The molecule has 0 aromatic heterocycles. The Morgan fingerprint density at radius 3 is 1.89 bits per heavy atom. The van der Waals surface area contributed by atoms with Crippen molar-refractivity contribution in [3.05, 3.63) is 0 Å². The number of hydrogen-bond donors (Lipinski definition) is 1. The van der Waals surface area contributed by atoms with Gasteiger partial charge in [-0.2, -0.15) is 13.2 Å². The third kappa shape index (κ3) is 4.09. The first kappa shape index (κ1) is 13.7. The van der Waals surface area contributed by atoms with E-state index in [4.69, 9.17) is 0 Å². The fourth-order valence-electron chi connectivity index (χ4n) is 3.35. The fourth-order valence-corrected chi connectivity index (χ4v) is 3.35. The number of likely N-dealkylation sites (tertiary alicyclic amines) is 1. The molecule has 2 aliphatic carbocycles. The number of halogens is 3. The number of nitrogens with zero attached hydrogens (tertiary/aromatic N) is 1. The highest BCUT2D eigenvalue weighted by Crippen LogP contribution is 2.44. The van der Waals surface area contributed by atoms with Gasteiger partial charge in [0.15, 0.2) is 0 Å². The molecule has 1 heterocycles. The minimum Gasteiger partial charge on any atom is -0.311 e. The van der Waals surface area contributed by atoms with E-state index in [0.717, 1.165) is 24.7 Å². The highest BCUT2D eigenvalue weighted by Gasteiger charge is 2.42. The van der Waals surface area contributed by atoms with Crippen LogP contribution >= 0.6 is 0 Å². The summed E-state index contributed by atoms with van der Waals surface area (Å²) in [4.78, 5) is 1.54. The summed E-state index contributed by atoms with van der Waals surface area (Å²) in [5.74, 6) is 1.72. The monoisotopic (exact) mass is 276 g/mol. The summed E-state index contributed by atoms with van der Waals surface area (Å²) in [6, 6.07) is 1.11. The van der Waals surface area contributed by atoms with Gasteiger partial charge in [0.1, 0.15) is 0 Å². The van der Waals surface area contributed by atoms with Gasteiger partial charge in [-0.1, -0.05) is 0 Å². The number of piperidine rings is 1. The van der Waals surface area contributed by atoms with Crippen LogP contribution in [0.25, 0.3) is 0 Å². The van der Waals surface area contributed by atoms with Crippen molar-refractivity contribution in [1.82, 2.24) is 10.2 Å². The Morgan fingerprint density at radius 2 is 1.47 bits per heavy atom. The van der Waals surface area contributed by atoms with Crippen LogP contribution in [-0.2, 0) is 0 Å². The lowest BCUT2D eigenvalue weighted by Gasteiger charge is -2.35. The largest absolute Gasteiger partial charge is 0.401 e. The minimum atomic E-state index is -4.05. The van der Waals surface area contributed by atoms with Gasteiger partial charge in [-0.15, -0.1) is 0 Å². The van der Waals surface area contributed by atoms with Crippen LogP contribution < -0.4 is 5.32 Å². The lowest BCUT2D eigenvalue weighted by atomic mass is 10.0. The Hall–Kier alpha value is -0.290. The normalized spacial score (nSPS) is 27.2. The van der Waals surface area contributed by atoms with E-state index in [1.807, 2.05) is 0 Å². The zero-order valence-corrected chi connectivity index (χ0v) is 11.3. The maximum absolute atomic E-state index is 12.3. The van der Waals surface area contributed by atoms with E-state index < -0.39 is 12.7 Å². The van der Waals surface area contributed by atoms with E-state index >= 15 is 0 Å². The second-order valence-corrected chi connectivity index (χ2v) is 6.53. The second-order valence-electron chi connectivity index (χ2n) is 6.53. The molecule has 0 atom stereocenters. The molecule has 0 unspecified atom stereocenters. The molecule has 0 radical (unpaired) electrons. The standard InChI is InChI=1S/C14H23F3N2/c15-14(16,17)9-19-7-5-12(6-8-19)18-13(10-1-2-10)11-3-4-11/h10-13,18H,1-9H2. The van der Waals surface area contributed by atoms with Crippen molar-refractivity contribution >= 4 is 0 Å². The van der Waals surface area contributed by atoms with Gasteiger partial charge in [0.25, 0.3) is 0 Å². The maximum Gasteiger partial charge on any atom is 0.401 e. The summed E-state index contributed by atoms with van der Waals surface area (Å²) in [6.45, 7) is 0.423. The summed E-state index contributed by atoms with van der Waals surface area (Å²) in [6.07, 6.45) is 3.08. The molecule has 19 heavy (non-hydrogen) atoms. The van der Waals surface area contributed by atoms with Crippen LogP contribution in [0.4, 0.5) is 13.2 Å². The van der Waals surface area contributed by atoms with E-state index in [9.17, 15) is 13.2 Å². The summed E-state index contributed by atoms with van der Waals surface area (Å²) in [5, 5.41) is 3.76. The summed E-state index contributed by atoms with van der Waals surface area (Å²) in [5.41, 5.74) is 0. The molecule has 0 amide bonds. The van der Waals surface area contributed by atoms with E-state index in [-0.39, 0.29) is 0 Å². The van der Waals surface area contributed by atoms with Gasteiger partial charge in [-0.25, -0.2) is 0 Å². The Kier molecular flexibility index (Phi) is 3.78. The van der Waals surface area contributed by atoms with Crippen LogP contribution in [0.3, 0.4) is 0 Å². The molecular weight excluding hydrogens is 253 g/mol. The van der Waals surface area contributed by atoms with Crippen molar-refractivity contribution in [3.8, 4) is 0 Å². The first-order chi connectivity index (χ1) is 9.01. The average molecular weight is 276 g/mol. The molecule has 0 spiro atoms. The highest BCUT2D eigenvalue weighted by atomic mass is 19.4. The van der Waals surface area contributed by atoms with Crippen molar-refractivity contribution in [2.75, 3.05) is 19.6 Å². The number of hydrogen-bond acceptors (Lipinski definition) is 2. The quantitative estimate of drug-likeness (QED) is 0.830. The molecule has 1 saturated heterocycles. The van der Waals surface area contributed by atoms with Gasteiger partial charge in [0.05, 0.1) is 6.54 Å². The zero-order chi connectivity index (χ0) is 13.5. The van der Waals surface area contributed by atoms with Crippen LogP contribution in [0, 0.1) is 11.8 Å². The molecule has 1 N–H and O–H groups in total. The van der Waals surface area contributed by atoms with Crippen molar-refractivity contribution < 1.29 is 13.2 Å². The molecule has 3 fully saturated rings. The molecule has 2 saturated carbocycles. The second kappa shape index (κ2) is 5.24. The third-order valence-electron chi connectivity index (χ3n) is 4.68. The Labute approximate surface area is 112 Å². The number of rotatable bonds is 5. The Bertz CT molecular complexity index is 290. The average Bonchev–Trinajstić information content (AvgIpc) is 3.19. The first-order valence-electron chi connectivity index (χ1n) is 7.56. The van der Waals surface area contributed by atoms with E-state index in [2.05, 4.69) is 5.32 Å². The zero-order valence-electron chi connectivity index (χ0n) is 11.3. The molecule has 3 aliphatic rings. The van der Waals surface area contributed by atoms with Crippen LogP contribution in [0.1, 0.15) is 38.5 Å².